The minimum Gasteiger partial charge on any atom is -0.492 e. The van der Waals surface area contributed by atoms with Gasteiger partial charge >= 0.3 is 0 Å². The molecule has 3 heteroatoms. The highest BCUT2D eigenvalue weighted by Crippen LogP contribution is 2.26. The topological polar surface area (TPSA) is 21.3 Å². The lowest BCUT2D eigenvalue weighted by Crippen LogP contribution is -2.25. The first-order valence-corrected chi connectivity index (χ1v) is 7.28. The number of halogens is 1. The van der Waals surface area contributed by atoms with Crippen LogP contribution >= 0.6 is 11.6 Å². The molecule has 0 saturated carbocycles. The second-order valence-electron chi connectivity index (χ2n) is 6.28. The molecule has 19 heavy (non-hydrogen) atoms. The van der Waals surface area contributed by atoms with Gasteiger partial charge in [-0.1, -0.05) is 32.4 Å². The average Bonchev–Trinajstić information content (AvgIpc) is 2.24. The van der Waals surface area contributed by atoms with E-state index in [2.05, 4.69) is 26.1 Å². The van der Waals surface area contributed by atoms with Crippen molar-refractivity contribution in [3.8, 4) is 5.75 Å². The SMILES string of the molecule is Cc1cc(Cl)cc(C)c1OCCNCCC(C)(C)C. The van der Waals surface area contributed by atoms with Gasteiger partial charge in [0.05, 0.1) is 0 Å². The van der Waals surface area contributed by atoms with Gasteiger partial charge < -0.3 is 10.1 Å². The average molecular weight is 284 g/mol. The Morgan fingerprint density at radius 1 is 1.11 bits per heavy atom. The molecule has 1 N–H and O–H groups in total. The molecule has 0 atom stereocenters. The minimum atomic E-state index is 0.386. The van der Waals surface area contributed by atoms with Crippen LogP contribution in [0.25, 0.3) is 0 Å². The van der Waals surface area contributed by atoms with E-state index in [9.17, 15) is 0 Å². The lowest BCUT2D eigenvalue weighted by molar-refractivity contribution is 0.301. The lowest BCUT2D eigenvalue weighted by atomic mass is 9.92. The molecule has 1 aromatic carbocycles. The molecule has 0 aliphatic rings. The summed E-state index contributed by atoms with van der Waals surface area (Å²) in [7, 11) is 0. The highest BCUT2D eigenvalue weighted by atomic mass is 35.5. The van der Waals surface area contributed by atoms with E-state index in [1.54, 1.807) is 0 Å². The van der Waals surface area contributed by atoms with Crippen LogP contribution in [0.4, 0.5) is 0 Å². The van der Waals surface area contributed by atoms with E-state index < -0.39 is 0 Å². The molecule has 0 spiro atoms. The number of hydrogen-bond donors (Lipinski definition) is 1. The molecule has 0 fully saturated rings. The smallest absolute Gasteiger partial charge is 0.125 e. The Labute approximate surface area is 122 Å². The molecular weight excluding hydrogens is 258 g/mol. The van der Waals surface area contributed by atoms with Crippen LogP contribution in [0.15, 0.2) is 12.1 Å². The van der Waals surface area contributed by atoms with E-state index in [0.717, 1.165) is 35.0 Å². The molecule has 0 radical (unpaired) electrons. The van der Waals surface area contributed by atoms with Crippen LogP contribution in [0.3, 0.4) is 0 Å². The summed E-state index contributed by atoms with van der Waals surface area (Å²) in [5.74, 6) is 0.960. The van der Waals surface area contributed by atoms with E-state index in [0.29, 0.717) is 12.0 Å². The van der Waals surface area contributed by atoms with Gasteiger partial charge in [0.2, 0.25) is 0 Å². The van der Waals surface area contributed by atoms with Gasteiger partial charge in [0.15, 0.2) is 0 Å². The Hall–Kier alpha value is -0.730. The Kier molecular flexibility index (Phi) is 6.15. The van der Waals surface area contributed by atoms with Crippen LogP contribution in [-0.2, 0) is 0 Å². The van der Waals surface area contributed by atoms with Crippen LogP contribution in [-0.4, -0.2) is 19.7 Å². The van der Waals surface area contributed by atoms with Gasteiger partial charge in [0.25, 0.3) is 0 Å². The molecule has 0 aliphatic carbocycles. The molecule has 0 bridgehead atoms. The number of rotatable bonds is 6. The maximum Gasteiger partial charge on any atom is 0.125 e. The van der Waals surface area contributed by atoms with Crippen molar-refractivity contribution in [1.29, 1.82) is 0 Å². The van der Waals surface area contributed by atoms with Crippen molar-refractivity contribution in [1.82, 2.24) is 5.32 Å². The highest BCUT2D eigenvalue weighted by Gasteiger charge is 2.09. The van der Waals surface area contributed by atoms with Crippen LogP contribution in [0.2, 0.25) is 5.02 Å². The number of aryl methyl sites for hydroxylation is 2. The van der Waals surface area contributed by atoms with Gasteiger partial charge in [-0.25, -0.2) is 0 Å². The molecule has 0 saturated heterocycles. The van der Waals surface area contributed by atoms with Crippen molar-refractivity contribution >= 4 is 11.6 Å². The van der Waals surface area contributed by atoms with Crippen molar-refractivity contribution in [3.63, 3.8) is 0 Å². The summed E-state index contributed by atoms with van der Waals surface area (Å²) in [4.78, 5) is 0. The molecule has 0 heterocycles. The predicted molar refractivity (Wildman–Crippen MR) is 83.4 cm³/mol. The van der Waals surface area contributed by atoms with Crippen LogP contribution < -0.4 is 10.1 Å². The molecular formula is C16H26ClNO. The zero-order chi connectivity index (χ0) is 14.5. The molecule has 108 valence electrons. The first kappa shape index (κ1) is 16.3. The summed E-state index contributed by atoms with van der Waals surface area (Å²) < 4.78 is 5.83. The molecule has 0 aromatic heterocycles. The molecule has 0 unspecified atom stereocenters. The molecule has 2 nitrogen and oxygen atoms in total. The Bertz CT molecular complexity index is 387. The summed E-state index contributed by atoms with van der Waals surface area (Å²) in [6, 6.07) is 3.88. The van der Waals surface area contributed by atoms with E-state index >= 15 is 0 Å². The standard InChI is InChI=1S/C16H26ClNO/c1-12-10-14(17)11-13(2)15(12)19-9-8-18-7-6-16(3,4)5/h10-11,18H,6-9H2,1-5H3. The Balaban J connectivity index is 2.30. The van der Waals surface area contributed by atoms with Crippen LogP contribution in [0.1, 0.15) is 38.3 Å². The second kappa shape index (κ2) is 7.16. The fraction of sp³-hybridized carbons (Fsp3) is 0.625. The summed E-state index contributed by atoms with van der Waals surface area (Å²) in [5, 5.41) is 4.18. The third-order valence-electron chi connectivity index (χ3n) is 3.00. The molecule has 1 rings (SSSR count). The molecule has 0 aliphatic heterocycles. The fourth-order valence-electron chi connectivity index (χ4n) is 1.94. The predicted octanol–water partition coefficient (Wildman–Crippen LogP) is 4.36. The summed E-state index contributed by atoms with van der Waals surface area (Å²) in [6.07, 6.45) is 1.17. The largest absolute Gasteiger partial charge is 0.492 e. The monoisotopic (exact) mass is 283 g/mol. The van der Waals surface area contributed by atoms with Crippen molar-refractivity contribution in [2.45, 2.75) is 41.0 Å². The Morgan fingerprint density at radius 2 is 1.68 bits per heavy atom. The normalized spacial score (nSPS) is 11.7. The van der Waals surface area contributed by atoms with Gasteiger partial charge in [-0.2, -0.15) is 0 Å². The van der Waals surface area contributed by atoms with Crippen molar-refractivity contribution < 1.29 is 4.74 Å². The fourth-order valence-corrected chi connectivity index (χ4v) is 2.27. The molecule has 0 amide bonds. The quantitative estimate of drug-likeness (QED) is 0.783. The van der Waals surface area contributed by atoms with Crippen LogP contribution in [0, 0.1) is 19.3 Å². The summed E-state index contributed by atoms with van der Waals surface area (Å²) in [5.41, 5.74) is 2.58. The first-order chi connectivity index (χ1) is 8.79. The van der Waals surface area contributed by atoms with Crippen LogP contribution in [0.5, 0.6) is 5.75 Å². The van der Waals surface area contributed by atoms with E-state index in [-0.39, 0.29) is 0 Å². The second-order valence-corrected chi connectivity index (χ2v) is 6.71. The maximum absolute atomic E-state index is 6.00. The number of nitrogens with one attached hydrogen (secondary N) is 1. The van der Waals surface area contributed by atoms with E-state index in [1.807, 2.05) is 26.0 Å². The minimum absolute atomic E-state index is 0.386. The highest BCUT2D eigenvalue weighted by molar-refractivity contribution is 6.30. The summed E-state index contributed by atoms with van der Waals surface area (Å²) in [6.45, 7) is 13.4. The van der Waals surface area contributed by atoms with Gasteiger partial charge in [-0.05, 0) is 55.5 Å². The zero-order valence-electron chi connectivity index (χ0n) is 12.8. The lowest BCUT2D eigenvalue weighted by Gasteiger charge is -2.18. The van der Waals surface area contributed by atoms with E-state index in [1.165, 1.54) is 6.42 Å². The van der Waals surface area contributed by atoms with Gasteiger partial charge in [-0.15, -0.1) is 0 Å². The van der Waals surface area contributed by atoms with Crippen molar-refractivity contribution in [2.24, 2.45) is 5.41 Å². The van der Waals surface area contributed by atoms with E-state index in [4.69, 9.17) is 16.3 Å². The van der Waals surface area contributed by atoms with Gasteiger partial charge in [0, 0.05) is 11.6 Å². The number of ether oxygens (including phenoxy) is 1. The number of benzene rings is 1. The first-order valence-electron chi connectivity index (χ1n) is 6.90. The van der Waals surface area contributed by atoms with Gasteiger partial charge in [-0.3, -0.25) is 0 Å². The third-order valence-corrected chi connectivity index (χ3v) is 3.22. The zero-order valence-corrected chi connectivity index (χ0v) is 13.5. The third kappa shape index (κ3) is 6.31. The maximum atomic E-state index is 6.00. The number of hydrogen-bond acceptors (Lipinski definition) is 2. The Morgan fingerprint density at radius 3 is 2.21 bits per heavy atom. The molecule has 1 aromatic rings. The van der Waals surface area contributed by atoms with Crippen molar-refractivity contribution in [2.75, 3.05) is 19.7 Å². The summed E-state index contributed by atoms with van der Waals surface area (Å²) >= 11 is 6.00. The van der Waals surface area contributed by atoms with Gasteiger partial charge in [0.1, 0.15) is 12.4 Å². The van der Waals surface area contributed by atoms with Crippen molar-refractivity contribution in [3.05, 3.63) is 28.3 Å².